The van der Waals surface area contributed by atoms with Crippen molar-refractivity contribution in [2.75, 3.05) is 6.61 Å². The molecule has 0 spiro atoms. The van der Waals surface area contributed by atoms with Gasteiger partial charge in [0.2, 0.25) is 0 Å². The first-order valence-electron chi connectivity index (χ1n) is 3.23. The van der Waals surface area contributed by atoms with E-state index in [4.69, 9.17) is 9.84 Å². The van der Waals surface area contributed by atoms with Crippen LogP contribution >= 0.6 is 0 Å². The van der Waals surface area contributed by atoms with E-state index >= 15 is 0 Å². The molecule has 56 valence electrons. The third-order valence-corrected chi connectivity index (χ3v) is 1.57. The van der Waals surface area contributed by atoms with Crippen LogP contribution in [-0.2, 0) is 9.53 Å². The van der Waals surface area contributed by atoms with Gasteiger partial charge >= 0.3 is 5.97 Å². The van der Waals surface area contributed by atoms with Gasteiger partial charge in [0.15, 0.2) is 0 Å². The topological polar surface area (TPSA) is 46.5 Å². The lowest BCUT2D eigenvalue weighted by molar-refractivity contribution is -0.133. The second-order valence-electron chi connectivity index (χ2n) is 2.39. The molecule has 1 aliphatic heterocycles. The zero-order valence-electron chi connectivity index (χ0n) is 5.67. The number of aliphatic carboxylic acids is 1. The lowest BCUT2D eigenvalue weighted by Crippen LogP contribution is -2.27. The van der Waals surface area contributed by atoms with Crippen LogP contribution in [-0.4, -0.2) is 23.8 Å². The summed E-state index contributed by atoms with van der Waals surface area (Å²) >= 11 is 0. The van der Waals surface area contributed by atoms with E-state index in [1.807, 2.05) is 0 Å². The van der Waals surface area contributed by atoms with E-state index in [9.17, 15) is 4.79 Å². The monoisotopic (exact) mass is 142 g/mol. The van der Waals surface area contributed by atoms with E-state index in [0.717, 1.165) is 13.0 Å². The maximum Gasteiger partial charge on any atom is 0.331 e. The molecule has 0 aromatic carbocycles. The highest BCUT2D eigenvalue weighted by atomic mass is 16.5. The molecule has 0 radical (unpaired) electrons. The predicted molar refractivity (Wildman–Crippen MR) is 35.7 cm³/mol. The molecule has 0 saturated carbocycles. The van der Waals surface area contributed by atoms with E-state index in [2.05, 4.69) is 6.58 Å². The zero-order valence-corrected chi connectivity index (χ0v) is 5.67. The average Bonchev–Trinajstić information content (AvgIpc) is 1.77. The molecule has 1 rings (SSSR count). The summed E-state index contributed by atoms with van der Waals surface area (Å²) in [5, 5.41) is 8.40. The van der Waals surface area contributed by atoms with Gasteiger partial charge in [-0.05, 0) is 6.42 Å². The van der Waals surface area contributed by atoms with Crippen LogP contribution in [0.4, 0.5) is 0 Å². The molecule has 1 N–H and O–H groups in total. The molecule has 1 fully saturated rings. The van der Waals surface area contributed by atoms with E-state index < -0.39 is 5.97 Å². The van der Waals surface area contributed by atoms with Crippen LogP contribution in [0.1, 0.15) is 12.8 Å². The quantitative estimate of drug-likeness (QED) is 0.593. The fourth-order valence-electron chi connectivity index (χ4n) is 0.808. The highest BCUT2D eigenvalue weighted by Gasteiger charge is 2.20. The Labute approximate surface area is 59.3 Å². The van der Waals surface area contributed by atoms with Gasteiger partial charge in [0.25, 0.3) is 0 Å². The first-order chi connectivity index (χ1) is 4.70. The van der Waals surface area contributed by atoms with E-state index in [1.165, 1.54) is 0 Å². The Balaban J connectivity index is 2.23. The number of carboxylic acids is 1. The minimum absolute atomic E-state index is 0.114. The highest BCUT2D eigenvalue weighted by Crippen LogP contribution is 2.18. The number of carbonyl (C=O) groups is 1. The van der Waals surface area contributed by atoms with Crippen molar-refractivity contribution in [2.45, 2.75) is 18.9 Å². The molecule has 0 bridgehead atoms. The first kappa shape index (κ1) is 7.28. The minimum Gasteiger partial charge on any atom is -0.478 e. The molecule has 10 heavy (non-hydrogen) atoms. The molecule has 1 unspecified atom stereocenters. The molecular weight excluding hydrogens is 132 g/mol. The van der Waals surface area contributed by atoms with Gasteiger partial charge in [0.1, 0.15) is 0 Å². The van der Waals surface area contributed by atoms with Crippen molar-refractivity contribution in [3.05, 3.63) is 12.2 Å². The Morgan fingerprint density at radius 2 is 2.40 bits per heavy atom. The molecule has 0 aromatic heterocycles. The summed E-state index contributed by atoms with van der Waals surface area (Å²) in [6.45, 7) is 4.16. The molecule has 1 atom stereocenters. The molecule has 0 amide bonds. The van der Waals surface area contributed by atoms with Crippen LogP contribution in [0.25, 0.3) is 0 Å². The van der Waals surface area contributed by atoms with Crippen molar-refractivity contribution < 1.29 is 14.6 Å². The Kier molecular flexibility index (Phi) is 2.06. The predicted octanol–water partition coefficient (Wildman–Crippen LogP) is 0.806. The van der Waals surface area contributed by atoms with Crippen LogP contribution in [0.15, 0.2) is 12.2 Å². The lowest BCUT2D eigenvalue weighted by Gasteiger charge is -2.26. The number of carboxylic acid groups (broad SMARTS) is 1. The van der Waals surface area contributed by atoms with Gasteiger partial charge in [-0.1, -0.05) is 6.58 Å². The van der Waals surface area contributed by atoms with E-state index in [-0.39, 0.29) is 11.7 Å². The number of hydrogen-bond donors (Lipinski definition) is 1. The van der Waals surface area contributed by atoms with Crippen LogP contribution in [0.5, 0.6) is 0 Å². The van der Waals surface area contributed by atoms with Gasteiger partial charge in [-0.2, -0.15) is 0 Å². The summed E-state index contributed by atoms with van der Waals surface area (Å²) in [5.74, 6) is -0.921. The molecule has 1 saturated heterocycles. The smallest absolute Gasteiger partial charge is 0.331 e. The number of ether oxygens (including phenoxy) is 1. The lowest BCUT2D eigenvalue weighted by atomic mass is 10.0. The summed E-state index contributed by atoms with van der Waals surface area (Å²) in [7, 11) is 0. The minimum atomic E-state index is -0.921. The summed E-state index contributed by atoms with van der Waals surface area (Å²) in [6.07, 6.45) is 1.55. The molecule has 3 heteroatoms. The largest absolute Gasteiger partial charge is 0.478 e. The van der Waals surface area contributed by atoms with Crippen molar-refractivity contribution >= 4 is 5.97 Å². The third-order valence-electron chi connectivity index (χ3n) is 1.57. The van der Waals surface area contributed by atoms with Crippen molar-refractivity contribution in [1.82, 2.24) is 0 Å². The fourth-order valence-corrected chi connectivity index (χ4v) is 0.808. The fraction of sp³-hybridized carbons (Fsp3) is 0.571. The van der Waals surface area contributed by atoms with Gasteiger partial charge < -0.3 is 9.84 Å². The molecule has 1 aliphatic rings. The maximum atomic E-state index is 10.2. The SMILES string of the molecule is C=C(CC1CCO1)C(=O)O. The normalized spacial score (nSPS) is 23.4. The Morgan fingerprint density at radius 3 is 2.70 bits per heavy atom. The summed E-state index contributed by atoms with van der Waals surface area (Å²) < 4.78 is 5.03. The highest BCUT2D eigenvalue weighted by molar-refractivity contribution is 5.85. The summed E-state index contributed by atoms with van der Waals surface area (Å²) in [5.41, 5.74) is 0.240. The van der Waals surface area contributed by atoms with Crippen LogP contribution < -0.4 is 0 Å². The average molecular weight is 142 g/mol. The van der Waals surface area contributed by atoms with Crippen LogP contribution in [0.3, 0.4) is 0 Å². The summed E-state index contributed by atoms with van der Waals surface area (Å²) in [6, 6.07) is 0. The van der Waals surface area contributed by atoms with Gasteiger partial charge in [-0.15, -0.1) is 0 Å². The Hall–Kier alpha value is -0.830. The van der Waals surface area contributed by atoms with Gasteiger partial charge in [-0.3, -0.25) is 0 Å². The number of hydrogen-bond acceptors (Lipinski definition) is 2. The second-order valence-corrected chi connectivity index (χ2v) is 2.39. The Morgan fingerprint density at radius 1 is 1.80 bits per heavy atom. The molecular formula is C7H10O3. The van der Waals surface area contributed by atoms with Gasteiger partial charge in [0, 0.05) is 18.6 Å². The summed E-state index contributed by atoms with van der Waals surface area (Å²) in [4.78, 5) is 10.2. The standard InChI is InChI=1S/C7H10O3/c1-5(7(8)9)4-6-2-3-10-6/h6H,1-4H2,(H,8,9). The second kappa shape index (κ2) is 2.84. The van der Waals surface area contributed by atoms with Crippen molar-refractivity contribution in [3.63, 3.8) is 0 Å². The van der Waals surface area contributed by atoms with Crippen molar-refractivity contribution in [2.24, 2.45) is 0 Å². The maximum absolute atomic E-state index is 10.2. The van der Waals surface area contributed by atoms with E-state index in [1.54, 1.807) is 0 Å². The molecule has 3 nitrogen and oxygen atoms in total. The van der Waals surface area contributed by atoms with Crippen molar-refractivity contribution in [1.29, 1.82) is 0 Å². The van der Waals surface area contributed by atoms with Crippen LogP contribution in [0, 0.1) is 0 Å². The zero-order chi connectivity index (χ0) is 7.56. The van der Waals surface area contributed by atoms with Gasteiger partial charge in [0.05, 0.1) is 6.10 Å². The van der Waals surface area contributed by atoms with Crippen molar-refractivity contribution in [3.8, 4) is 0 Å². The first-order valence-corrected chi connectivity index (χ1v) is 3.23. The van der Waals surface area contributed by atoms with Crippen LogP contribution in [0.2, 0.25) is 0 Å². The molecule has 1 heterocycles. The van der Waals surface area contributed by atoms with E-state index in [0.29, 0.717) is 6.42 Å². The molecule has 0 aromatic rings. The van der Waals surface area contributed by atoms with Gasteiger partial charge in [-0.25, -0.2) is 4.79 Å². The Bertz CT molecular complexity index is 158. The molecule has 0 aliphatic carbocycles. The number of rotatable bonds is 3. The third kappa shape index (κ3) is 1.57.